The molecule has 0 aliphatic rings. The predicted molar refractivity (Wildman–Crippen MR) is 106 cm³/mol. The van der Waals surface area contributed by atoms with Crippen LogP contribution in [0.5, 0.6) is 0 Å². The molecule has 0 unspecified atom stereocenters. The molecule has 3 rings (SSSR count). The SMILES string of the molecule is C[C@H](O)CC[P+](c1ccccc1)(c1ccccc1)c1ccccc1. The van der Waals surface area contributed by atoms with Gasteiger partial charge in [-0.15, -0.1) is 0 Å². The highest BCUT2D eigenvalue weighted by Gasteiger charge is 2.44. The first-order valence-corrected chi connectivity index (χ1v) is 10.4. The summed E-state index contributed by atoms with van der Waals surface area (Å²) in [7, 11) is -1.77. The van der Waals surface area contributed by atoms with Crippen LogP contribution in [0.1, 0.15) is 13.3 Å². The van der Waals surface area contributed by atoms with Crippen molar-refractivity contribution >= 4 is 23.2 Å². The number of aliphatic hydroxyl groups excluding tert-OH is 1. The Hall–Kier alpha value is -1.95. The van der Waals surface area contributed by atoms with Crippen LogP contribution < -0.4 is 15.9 Å². The van der Waals surface area contributed by atoms with Gasteiger partial charge in [0.1, 0.15) is 23.2 Å². The minimum absolute atomic E-state index is 0.291. The number of hydrogen-bond acceptors (Lipinski definition) is 1. The predicted octanol–water partition coefficient (Wildman–Crippen LogP) is 3.75. The summed E-state index contributed by atoms with van der Waals surface area (Å²) in [4.78, 5) is 0. The van der Waals surface area contributed by atoms with Gasteiger partial charge in [0.25, 0.3) is 0 Å². The molecule has 0 heterocycles. The molecular formula is C22H24OP+. The molecule has 24 heavy (non-hydrogen) atoms. The zero-order chi connectivity index (χ0) is 16.8. The van der Waals surface area contributed by atoms with Crippen LogP contribution in [0.15, 0.2) is 91.0 Å². The normalized spacial score (nSPS) is 12.8. The monoisotopic (exact) mass is 335 g/mol. The van der Waals surface area contributed by atoms with Gasteiger partial charge in [-0.1, -0.05) is 54.6 Å². The van der Waals surface area contributed by atoms with E-state index in [1.807, 2.05) is 6.92 Å². The Kier molecular flexibility index (Phi) is 5.45. The van der Waals surface area contributed by atoms with E-state index in [2.05, 4.69) is 91.0 Å². The second-order valence-electron chi connectivity index (χ2n) is 6.18. The molecule has 0 radical (unpaired) electrons. The summed E-state index contributed by atoms with van der Waals surface area (Å²) in [5, 5.41) is 14.1. The summed E-state index contributed by atoms with van der Waals surface area (Å²) < 4.78 is 0. The average Bonchev–Trinajstić information content (AvgIpc) is 2.65. The van der Waals surface area contributed by atoms with Gasteiger partial charge in [-0.25, -0.2) is 0 Å². The van der Waals surface area contributed by atoms with E-state index in [1.54, 1.807) is 0 Å². The Labute approximate surface area is 145 Å². The smallest absolute Gasteiger partial charge is 0.112 e. The Morgan fingerprint density at radius 1 is 0.667 bits per heavy atom. The average molecular weight is 335 g/mol. The van der Waals surface area contributed by atoms with Crippen LogP contribution in [0.4, 0.5) is 0 Å². The second-order valence-corrected chi connectivity index (χ2v) is 9.79. The van der Waals surface area contributed by atoms with Crippen molar-refractivity contribution in [2.75, 3.05) is 6.16 Å². The lowest BCUT2D eigenvalue weighted by molar-refractivity contribution is 0.192. The van der Waals surface area contributed by atoms with Crippen LogP contribution >= 0.6 is 7.26 Å². The maximum absolute atomic E-state index is 9.97. The molecule has 0 aliphatic carbocycles. The quantitative estimate of drug-likeness (QED) is 0.680. The molecule has 0 aliphatic heterocycles. The molecule has 1 N–H and O–H groups in total. The van der Waals surface area contributed by atoms with E-state index in [1.165, 1.54) is 15.9 Å². The van der Waals surface area contributed by atoms with Gasteiger partial charge >= 0.3 is 0 Å². The van der Waals surface area contributed by atoms with Gasteiger partial charge < -0.3 is 5.11 Å². The van der Waals surface area contributed by atoms with Crippen molar-refractivity contribution in [2.24, 2.45) is 0 Å². The molecule has 0 fully saturated rings. The zero-order valence-electron chi connectivity index (χ0n) is 14.0. The molecule has 3 aromatic rings. The first kappa shape index (κ1) is 16.9. The molecule has 0 saturated carbocycles. The first-order valence-electron chi connectivity index (χ1n) is 8.46. The lowest BCUT2D eigenvalue weighted by Gasteiger charge is -2.28. The molecule has 1 nitrogen and oxygen atoms in total. The van der Waals surface area contributed by atoms with E-state index in [0.717, 1.165) is 12.6 Å². The highest BCUT2D eigenvalue weighted by molar-refractivity contribution is 7.95. The van der Waals surface area contributed by atoms with E-state index < -0.39 is 7.26 Å². The fraction of sp³-hybridized carbons (Fsp3) is 0.182. The van der Waals surface area contributed by atoms with E-state index >= 15 is 0 Å². The van der Waals surface area contributed by atoms with E-state index in [9.17, 15) is 5.11 Å². The van der Waals surface area contributed by atoms with Crippen molar-refractivity contribution in [3.05, 3.63) is 91.0 Å². The molecule has 1 atom stereocenters. The van der Waals surface area contributed by atoms with Gasteiger partial charge in [0, 0.05) is 6.42 Å². The van der Waals surface area contributed by atoms with Crippen molar-refractivity contribution in [1.82, 2.24) is 0 Å². The van der Waals surface area contributed by atoms with Crippen LogP contribution in [0, 0.1) is 0 Å². The second kappa shape index (κ2) is 7.75. The van der Waals surface area contributed by atoms with Gasteiger partial charge in [-0.3, -0.25) is 0 Å². The summed E-state index contributed by atoms with van der Waals surface area (Å²) in [6.45, 7) is 1.88. The van der Waals surface area contributed by atoms with Gasteiger partial charge in [-0.2, -0.15) is 0 Å². The first-order chi connectivity index (χ1) is 11.7. The van der Waals surface area contributed by atoms with Crippen LogP contribution in [-0.4, -0.2) is 17.4 Å². The summed E-state index contributed by atoms with van der Waals surface area (Å²) in [5.74, 6) is 0. The number of aliphatic hydroxyl groups is 1. The van der Waals surface area contributed by atoms with Gasteiger partial charge in [-0.05, 0) is 43.3 Å². The van der Waals surface area contributed by atoms with E-state index in [0.29, 0.717) is 0 Å². The molecule has 0 amide bonds. The van der Waals surface area contributed by atoms with Gasteiger partial charge in [0.2, 0.25) is 0 Å². The number of hydrogen-bond donors (Lipinski definition) is 1. The van der Waals surface area contributed by atoms with Gasteiger partial charge in [0.05, 0.1) is 12.3 Å². The van der Waals surface area contributed by atoms with E-state index in [4.69, 9.17) is 0 Å². The Morgan fingerprint density at radius 2 is 1.00 bits per heavy atom. The van der Waals surface area contributed by atoms with E-state index in [-0.39, 0.29) is 6.10 Å². The molecule has 0 aromatic heterocycles. The topological polar surface area (TPSA) is 20.2 Å². The van der Waals surface area contributed by atoms with Crippen molar-refractivity contribution in [3.63, 3.8) is 0 Å². The third kappa shape index (κ3) is 3.43. The minimum Gasteiger partial charge on any atom is -0.393 e. The Bertz CT molecular complexity index is 642. The standard InChI is InChI=1S/C22H24OP/c1-19(23)17-18-24(20-11-5-2-6-12-20,21-13-7-3-8-14-21)22-15-9-4-10-16-22/h2-16,19,23H,17-18H2,1H3/q+1/t19-/m0/s1. The lowest BCUT2D eigenvalue weighted by atomic mass is 10.3. The van der Waals surface area contributed by atoms with Crippen molar-refractivity contribution in [2.45, 2.75) is 19.4 Å². The fourth-order valence-corrected chi connectivity index (χ4v) is 7.74. The molecule has 0 bridgehead atoms. The summed E-state index contributed by atoms with van der Waals surface area (Å²) >= 11 is 0. The van der Waals surface area contributed by atoms with Crippen molar-refractivity contribution in [3.8, 4) is 0 Å². The maximum Gasteiger partial charge on any atom is 0.112 e. The molecule has 3 aromatic carbocycles. The van der Waals surface area contributed by atoms with Gasteiger partial charge in [0.15, 0.2) is 0 Å². The third-order valence-corrected chi connectivity index (χ3v) is 8.94. The summed E-state index contributed by atoms with van der Waals surface area (Å²) in [6, 6.07) is 32.4. The molecule has 0 saturated heterocycles. The Morgan fingerprint density at radius 3 is 1.29 bits per heavy atom. The van der Waals surface area contributed by atoms with Crippen LogP contribution in [-0.2, 0) is 0 Å². The molecular weight excluding hydrogens is 311 g/mol. The van der Waals surface area contributed by atoms with Crippen LogP contribution in [0.2, 0.25) is 0 Å². The summed E-state index contributed by atoms with van der Waals surface area (Å²) in [5.41, 5.74) is 0. The number of benzene rings is 3. The maximum atomic E-state index is 9.97. The molecule has 122 valence electrons. The third-order valence-electron chi connectivity index (χ3n) is 4.47. The highest BCUT2D eigenvalue weighted by Crippen LogP contribution is 2.55. The summed E-state index contributed by atoms with van der Waals surface area (Å²) in [6.07, 6.45) is 1.48. The van der Waals surface area contributed by atoms with Crippen LogP contribution in [0.25, 0.3) is 0 Å². The zero-order valence-corrected chi connectivity index (χ0v) is 14.9. The Balaban J connectivity index is 2.24. The molecule has 0 spiro atoms. The highest BCUT2D eigenvalue weighted by atomic mass is 31.2. The largest absolute Gasteiger partial charge is 0.393 e. The van der Waals surface area contributed by atoms with Crippen molar-refractivity contribution < 1.29 is 5.11 Å². The lowest BCUT2D eigenvalue weighted by Crippen LogP contribution is -2.34. The minimum atomic E-state index is -1.77. The van der Waals surface area contributed by atoms with Crippen LogP contribution in [0.3, 0.4) is 0 Å². The fourth-order valence-electron chi connectivity index (χ4n) is 3.26. The number of rotatable bonds is 6. The van der Waals surface area contributed by atoms with Crippen molar-refractivity contribution in [1.29, 1.82) is 0 Å². The molecule has 2 heteroatoms.